The van der Waals surface area contributed by atoms with E-state index >= 15 is 0 Å². The quantitative estimate of drug-likeness (QED) is 0.225. The molecule has 2 aromatic carbocycles. The summed E-state index contributed by atoms with van der Waals surface area (Å²) >= 11 is 1.15. The monoisotopic (exact) mass is 401 g/mol. The number of benzene rings is 2. The van der Waals surface area contributed by atoms with Crippen LogP contribution in [0.15, 0.2) is 76.7 Å². The Morgan fingerprint density at radius 1 is 1.07 bits per heavy atom. The van der Waals surface area contributed by atoms with E-state index in [-0.39, 0.29) is 15.0 Å². The van der Waals surface area contributed by atoms with Gasteiger partial charge in [-0.25, -0.2) is 0 Å². The summed E-state index contributed by atoms with van der Waals surface area (Å²) in [6, 6.07) is 19.1. The van der Waals surface area contributed by atoms with Gasteiger partial charge in [-0.1, -0.05) is 69.3 Å². The summed E-state index contributed by atoms with van der Waals surface area (Å²) in [6.45, 7) is 10.8. The van der Waals surface area contributed by atoms with Crippen molar-refractivity contribution in [3.63, 3.8) is 0 Å². The summed E-state index contributed by atoms with van der Waals surface area (Å²) in [5, 5.41) is 11.8. The molecule has 1 atom stereocenters. The summed E-state index contributed by atoms with van der Waals surface area (Å²) in [5.74, 6) is 0. The van der Waals surface area contributed by atoms with E-state index < -0.39 is 14.4 Å². The van der Waals surface area contributed by atoms with Crippen LogP contribution in [0.25, 0.3) is 0 Å². The van der Waals surface area contributed by atoms with Crippen molar-refractivity contribution in [1.29, 1.82) is 0 Å². The smallest absolute Gasteiger partial charge is 0.306 e. The van der Waals surface area contributed by atoms with Crippen molar-refractivity contribution in [3.05, 3.63) is 87.4 Å². The van der Waals surface area contributed by atoms with Gasteiger partial charge >= 0.3 is 5.03 Å². The molecule has 0 N–H and O–H groups in total. The maximum absolute atomic E-state index is 11.7. The molecule has 0 bridgehead atoms. The maximum Gasteiger partial charge on any atom is 0.306 e. The van der Waals surface area contributed by atoms with Crippen LogP contribution in [-0.2, 0) is 4.43 Å². The van der Waals surface area contributed by atoms with Gasteiger partial charge in [-0.05, 0) is 47.6 Å². The lowest BCUT2D eigenvalue weighted by Gasteiger charge is -2.38. The molecule has 0 unspecified atom stereocenters. The highest BCUT2D eigenvalue weighted by Crippen LogP contribution is 2.41. The predicted octanol–water partition coefficient (Wildman–Crippen LogP) is 6.66. The van der Waals surface area contributed by atoms with E-state index in [9.17, 15) is 10.1 Å². The first-order chi connectivity index (χ1) is 12.6. The van der Waals surface area contributed by atoms with Crippen LogP contribution >= 0.6 is 11.8 Å². The molecule has 0 amide bonds. The molecule has 0 aromatic heterocycles. The van der Waals surface area contributed by atoms with Crippen LogP contribution in [0.5, 0.6) is 0 Å². The maximum atomic E-state index is 11.7. The zero-order valence-electron chi connectivity index (χ0n) is 16.5. The fourth-order valence-corrected chi connectivity index (χ4v) is 4.20. The van der Waals surface area contributed by atoms with Crippen molar-refractivity contribution in [1.82, 2.24) is 0 Å². The summed E-state index contributed by atoms with van der Waals surface area (Å²) in [7, 11) is -2.12. The van der Waals surface area contributed by atoms with Crippen molar-refractivity contribution in [2.45, 2.75) is 49.9 Å². The largest absolute Gasteiger partial charge is 0.406 e. The van der Waals surface area contributed by atoms with Gasteiger partial charge in [0.2, 0.25) is 0 Å². The van der Waals surface area contributed by atoms with Gasteiger partial charge in [-0.3, -0.25) is 10.1 Å². The number of nitro groups is 1. The van der Waals surface area contributed by atoms with E-state index in [1.54, 1.807) is 6.08 Å². The van der Waals surface area contributed by atoms with Crippen molar-refractivity contribution in [3.8, 4) is 0 Å². The van der Waals surface area contributed by atoms with E-state index in [0.717, 1.165) is 22.2 Å². The third-order valence-corrected chi connectivity index (χ3v) is 10.3. The van der Waals surface area contributed by atoms with Gasteiger partial charge in [0.15, 0.2) is 8.32 Å². The molecule has 2 aromatic rings. The van der Waals surface area contributed by atoms with Crippen LogP contribution in [0, 0.1) is 10.1 Å². The Labute approximate surface area is 166 Å². The lowest BCUT2D eigenvalue weighted by molar-refractivity contribution is -0.411. The van der Waals surface area contributed by atoms with Gasteiger partial charge in [0.1, 0.15) is 0 Å². The molecule has 0 aliphatic heterocycles. The van der Waals surface area contributed by atoms with Gasteiger partial charge in [-0.15, -0.1) is 0 Å². The second-order valence-electron chi connectivity index (χ2n) is 7.89. The number of hydrogen-bond donors (Lipinski definition) is 0. The van der Waals surface area contributed by atoms with Crippen LogP contribution < -0.4 is 0 Å². The minimum atomic E-state index is -2.12. The van der Waals surface area contributed by atoms with Crippen molar-refractivity contribution >= 4 is 20.1 Å². The Balaban J connectivity index is 2.41. The van der Waals surface area contributed by atoms with E-state index in [2.05, 4.69) is 33.9 Å². The molecule has 6 heteroatoms. The van der Waals surface area contributed by atoms with Crippen LogP contribution in [0.4, 0.5) is 0 Å². The summed E-state index contributed by atoms with van der Waals surface area (Å²) in [6.07, 6.45) is 1.19. The number of hydrogen-bond acceptors (Lipinski definition) is 4. The zero-order valence-corrected chi connectivity index (χ0v) is 18.3. The summed E-state index contributed by atoms with van der Waals surface area (Å²) < 4.78 is 6.55. The average molecular weight is 402 g/mol. The van der Waals surface area contributed by atoms with E-state index in [1.807, 2.05) is 60.7 Å². The Kier molecular flexibility index (Phi) is 7.03. The molecule has 27 heavy (non-hydrogen) atoms. The topological polar surface area (TPSA) is 52.4 Å². The van der Waals surface area contributed by atoms with Gasteiger partial charge in [-0.2, -0.15) is 0 Å². The minimum Gasteiger partial charge on any atom is -0.406 e. The lowest BCUT2D eigenvalue weighted by atomic mass is 10.1. The molecule has 144 valence electrons. The highest BCUT2D eigenvalue weighted by molar-refractivity contribution is 8.02. The molecule has 0 saturated carbocycles. The van der Waals surface area contributed by atoms with Gasteiger partial charge in [0.25, 0.3) is 0 Å². The molecule has 2 rings (SSSR count). The van der Waals surface area contributed by atoms with Crippen LogP contribution in [0.3, 0.4) is 0 Å². The Hall–Kier alpha value is -1.89. The lowest BCUT2D eigenvalue weighted by Crippen LogP contribution is -2.41. The normalized spacial score (nSPS) is 14.0. The van der Waals surface area contributed by atoms with Gasteiger partial charge in [0.05, 0.1) is 11.0 Å². The van der Waals surface area contributed by atoms with Gasteiger partial charge in [0, 0.05) is 11.0 Å². The Morgan fingerprint density at radius 2 is 1.59 bits per heavy atom. The first-order valence-corrected chi connectivity index (χ1v) is 12.6. The molecule has 4 nitrogen and oxygen atoms in total. The molecule has 0 fully saturated rings. The molecular formula is C21H27NO3SSi. The molecule has 0 aliphatic carbocycles. The number of thioether (sulfide) groups is 1. The standard InChI is InChI=1S/C21H27NO3SSi/c1-21(2,3)27(4,5)25-19(17-12-8-6-9-13-17)16-20(22(23)24)26-18-14-10-7-11-15-18/h6-16,19H,1-5H3/b20-16-/t19-/m1/s1. The van der Waals surface area contributed by atoms with Crippen molar-refractivity contribution < 1.29 is 9.35 Å². The second-order valence-corrected chi connectivity index (χ2v) is 13.7. The third-order valence-electron chi connectivity index (χ3n) is 4.80. The molecule has 0 heterocycles. The summed E-state index contributed by atoms with van der Waals surface area (Å²) in [5.41, 5.74) is 0.926. The highest BCUT2D eigenvalue weighted by atomic mass is 32.2. The van der Waals surface area contributed by atoms with Crippen LogP contribution in [0.2, 0.25) is 18.1 Å². The average Bonchev–Trinajstić information content (AvgIpc) is 2.61. The van der Waals surface area contributed by atoms with E-state index in [4.69, 9.17) is 4.43 Å². The van der Waals surface area contributed by atoms with E-state index in [0.29, 0.717) is 0 Å². The zero-order chi connectivity index (χ0) is 20.1. The number of nitrogens with zero attached hydrogens (tertiary/aromatic N) is 1. The molecular weight excluding hydrogens is 374 g/mol. The Morgan fingerprint density at radius 3 is 2.07 bits per heavy atom. The molecule has 0 spiro atoms. The highest BCUT2D eigenvalue weighted by Gasteiger charge is 2.39. The number of rotatable bonds is 7. The Bertz CT molecular complexity index is 786. The predicted molar refractivity (Wildman–Crippen MR) is 115 cm³/mol. The van der Waals surface area contributed by atoms with Crippen molar-refractivity contribution in [2.75, 3.05) is 0 Å². The molecule has 0 radical (unpaired) electrons. The first kappa shape index (κ1) is 21.4. The fraction of sp³-hybridized carbons (Fsp3) is 0.333. The molecule has 0 aliphatic rings. The molecule has 0 saturated heterocycles. The van der Waals surface area contributed by atoms with Gasteiger partial charge < -0.3 is 4.43 Å². The summed E-state index contributed by atoms with van der Waals surface area (Å²) in [4.78, 5) is 12.2. The van der Waals surface area contributed by atoms with E-state index in [1.165, 1.54) is 0 Å². The van der Waals surface area contributed by atoms with Crippen LogP contribution in [0.1, 0.15) is 32.4 Å². The van der Waals surface area contributed by atoms with Crippen LogP contribution in [-0.4, -0.2) is 13.2 Å². The minimum absolute atomic E-state index is 0.00915. The SMILES string of the molecule is CC(C)(C)[Si](C)(C)O[C@H](/C=C(\Sc1ccccc1)[N+](=O)[O-])c1ccccc1. The first-order valence-electron chi connectivity index (χ1n) is 8.92. The van der Waals surface area contributed by atoms with Crippen molar-refractivity contribution in [2.24, 2.45) is 0 Å². The second kappa shape index (κ2) is 8.86. The third kappa shape index (κ3) is 6.06. The fourth-order valence-electron chi connectivity index (χ4n) is 2.21.